The molecule has 1 heterocycles. The van der Waals surface area contributed by atoms with Crippen LogP contribution in [-0.2, 0) is 4.74 Å². The van der Waals surface area contributed by atoms with Crippen LogP contribution in [0.3, 0.4) is 0 Å². The lowest BCUT2D eigenvalue weighted by Crippen LogP contribution is -2.33. The zero-order valence-electron chi connectivity index (χ0n) is 13.0. The summed E-state index contributed by atoms with van der Waals surface area (Å²) >= 11 is 0. The molecular weight excluding hydrogens is 246 g/mol. The molecule has 0 aromatic heterocycles. The van der Waals surface area contributed by atoms with E-state index in [-0.39, 0.29) is 0 Å². The van der Waals surface area contributed by atoms with Gasteiger partial charge >= 0.3 is 0 Å². The second-order valence-corrected chi connectivity index (χ2v) is 5.93. The molecule has 1 N–H and O–H groups in total. The molecule has 1 saturated heterocycles. The minimum absolute atomic E-state index is 0.532. The Kier molecular flexibility index (Phi) is 6.55. The van der Waals surface area contributed by atoms with Gasteiger partial charge in [0.25, 0.3) is 0 Å². The van der Waals surface area contributed by atoms with Crippen molar-refractivity contribution in [2.45, 2.75) is 64.0 Å². The number of hydrogen-bond donors (Lipinski definition) is 1. The molecule has 3 unspecified atom stereocenters. The van der Waals surface area contributed by atoms with Gasteiger partial charge in [0.1, 0.15) is 0 Å². The number of likely N-dealkylation sites (N-methyl/N-ethyl adjacent to an activating group) is 1. The second kappa shape index (κ2) is 8.43. The van der Waals surface area contributed by atoms with Gasteiger partial charge in [-0.05, 0) is 50.1 Å². The van der Waals surface area contributed by atoms with Crippen molar-refractivity contribution < 1.29 is 4.74 Å². The zero-order valence-corrected chi connectivity index (χ0v) is 13.0. The van der Waals surface area contributed by atoms with Gasteiger partial charge in [0.05, 0.1) is 6.10 Å². The van der Waals surface area contributed by atoms with Gasteiger partial charge in [0, 0.05) is 12.6 Å². The molecule has 1 aliphatic heterocycles. The van der Waals surface area contributed by atoms with Crippen LogP contribution < -0.4 is 5.32 Å². The highest BCUT2D eigenvalue weighted by Crippen LogP contribution is 2.24. The van der Waals surface area contributed by atoms with E-state index in [0.29, 0.717) is 18.1 Å². The van der Waals surface area contributed by atoms with Crippen molar-refractivity contribution in [3.05, 3.63) is 35.9 Å². The Morgan fingerprint density at radius 2 is 2.10 bits per heavy atom. The summed E-state index contributed by atoms with van der Waals surface area (Å²) in [6.07, 6.45) is 6.78. The Bertz CT molecular complexity index is 359. The number of rotatable bonds is 8. The summed E-state index contributed by atoms with van der Waals surface area (Å²) in [4.78, 5) is 0. The molecule has 1 aliphatic rings. The van der Waals surface area contributed by atoms with E-state index in [2.05, 4.69) is 49.5 Å². The van der Waals surface area contributed by atoms with Crippen LogP contribution in [0.25, 0.3) is 0 Å². The lowest BCUT2D eigenvalue weighted by Gasteiger charge is -2.25. The van der Waals surface area contributed by atoms with Crippen molar-refractivity contribution in [3.63, 3.8) is 0 Å². The first kappa shape index (κ1) is 15.5. The molecule has 0 aliphatic carbocycles. The van der Waals surface area contributed by atoms with Crippen molar-refractivity contribution in [3.8, 4) is 0 Å². The Labute approximate surface area is 123 Å². The van der Waals surface area contributed by atoms with E-state index in [4.69, 9.17) is 4.74 Å². The summed E-state index contributed by atoms with van der Waals surface area (Å²) in [5.74, 6) is 0.570. The maximum atomic E-state index is 5.72. The predicted molar refractivity (Wildman–Crippen MR) is 85.1 cm³/mol. The van der Waals surface area contributed by atoms with Crippen LogP contribution in [0.2, 0.25) is 0 Å². The van der Waals surface area contributed by atoms with Crippen molar-refractivity contribution in [1.82, 2.24) is 5.32 Å². The minimum atomic E-state index is 0.532. The lowest BCUT2D eigenvalue weighted by atomic mass is 9.89. The monoisotopic (exact) mass is 275 g/mol. The van der Waals surface area contributed by atoms with Gasteiger partial charge in [-0.25, -0.2) is 0 Å². The van der Waals surface area contributed by atoms with Crippen molar-refractivity contribution in [1.29, 1.82) is 0 Å². The van der Waals surface area contributed by atoms with Crippen LogP contribution in [0.15, 0.2) is 30.3 Å². The molecule has 0 spiro atoms. The van der Waals surface area contributed by atoms with Crippen molar-refractivity contribution in [2.24, 2.45) is 0 Å². The third-order valence-electron chi connectivity index (χ3n) is 4.46. The summed E-state index contributed by atoms with van der Waals surface area (Å²) in [6, 6.07) is 11.4. The topological polar surface area (TPSA) is 21.3 Å². The van der Waals surface area contributed by atoms with E-state index in [1.54, 1.807) is 0 Å². The van der Waals surface area contributed by atoms with E-state index in [9.17, 15) is 0 Å². The molecular formula is C18H29NO. The number of ether oxygens (including phenoxy) is 1. The van der Waals surface area contributed by atoms with Crippen LogP contribution in [-0.4, -0.2) is 25.3 Å². The van der Waals surface area contributed by atoms with E-state index in [1.165, 1.54) is 37.7 Å². The molecule has 2 rings (SSSR count). The van der Waals surface area contributed by atoms with Gasteiger partial charge in [-0.2, -0.15) is 0 Å². The summed E-state index contributed by atoms with van der Waals surface area (Å²) in [6.45, 7) is 6.56. The predicted octanol–water partition coefficient (Wildman–Crippen LogP) is 4.12. The zero-order chi connectivity index (χ0) is 14.2. The fourth-order valence-corrected chi connectivity index (χ4v) is 3.22. The summed E-state index contributed by atoms with van der Waals surface area (Å²) in [7, 11) is 0. The highest BCUT2D eigenvalue weighted by molar-refractivity contribution is 5.20. The Hall–Kier alpha value is -0.860. The molecule has 0 saturated carbocycles. The number of hydrogen-bond acceptors (Lipinski definition) is 2. The number of nitrogens with one attached hydrogen (secondary N) is 1. The minimum Gasteiger partial charge on any atom is -0.378 e. The van der Waals surface area contributed by atoms with Crippen molar-refractivity contribution >= 4 is 0 Å². The Morgan fingerprint density at radius 1 is 1.30 bits per heavy atom. The van der Waals surface area contributed by atoms with Gasteiger partial charge < -0.3 is 10.1 Å². The van der Waals surface area contributed by atoms with Crippen LogP contribution in [0.1, 0.15) is 57.4 Å². The average Bonchev–Trinajstić information content (AvgIpc) is 3.00. The third kappa shape index (κ3) is 4.60. The Balaban J connectivity index is 1.82. The third-order valence-corrected chi connectivity index (χ3v) is 4.46. The molecule has 1 aromatic carbocycles. The van der Waals surface area contributed by atoms with Gasteiger partial charge in [-0.15, -0.1) is 0 Å². The van der Waals surface area contributed by atoms with E-state index in [1.807, 2.05) is 0 Å². The quantitative estimate of drug-likeness (QED) is 0.770. The number of benzene rings is 1. The smallest absolute Gasteiger partial charge is 0.0576 e. The average molecular weight is 275 g/mol. The van der Waals surface area contributed by atoms with E-state index < -0.39 is 0 Å². The second-order valence-electron chi connectivity index (χ2n) is 5.93. The molecule has 0 bridgehead atoms. The largest absolute Gasteiger partial charge is 0.378 e. The fraction of sp³-hybridized carbons (Fsp3) is 0.667. The van der Waals surface area contributed by atoms with Crippen molar-refractivity contribution in [2.75, 3.05) is 13.2 Å². The van der Waals surface area contributed by atoms with Gasteiger partial charge in [0.15, 0.2) is 0 Å². The molecule has 0 radical (unpaired) electrons. The summed E-state index contributed by atoms with van der Waals surface area (Å²) in [5.41, 5.74) is 1.44. The van der Waals surface area contributed by atoms with Crippen LogP contribution >= 0.6 is 0 Å². The molecule has 2 heteroatoms. The van der Waals surface area contributed by atoms with E-state index >= 15 is 0 Å². The normalized spacial score (nSPS) is 21.8. The SMILES string of the molecule is CCNC(CCCC1CCCO1)C(C)c1ccccc1. The lowest BCUT2D eigenvalue weighted by molar-refractivity contribution is 0.101. The summed E-state index contributed by atoms with van der Waals surface area (Å²) < 4.78 is 5.72. The van der Waals surface area contributed by atoms with Crippen LogP contribution in [0, 0.1) is 0 Å². The highest BCUT2D eigenvalue weighted by Gasteiger charge is 2.20. The van der Waals surface area contributed by atoms with Gasteiger partial charge in [-0.1, -0.05) is 44.2 Å². The molecule has 2 nitrogen and oxygen atoms in total. The van der Waals surface area contributed by atoms with Crippen LogP contribution in [0.5, 0.6) is 0 Å². The molecule has 1 fully saturated rings. The summed E-state index contributed by atoms with van der Waals surface area (Å²) in [5, 5.41) is 3.67. The molecule has 3 atom stereocenters. The first-order chi connectivity index (χ1) is 9.81. The van der Waals surface area contributed by atoms with Gasteiger partial charge in [-0.3, -0.25) is 0 Å². The molecule has 0 amide bonds. The molecule has 20 heavy (non-hydrogen) atoms. The first-order valence-electron chi connectivity index (χ1n) is 8.21. The standard InChI is InChI=1S/C18H29NO/c1-3-19-18(13-7-11-17-12-8-14-20-17)15(2)16-9-5-4-6-10-16/h4-6,9-10,15,17-19H,3,7-8,11-14H2,1-2H3. The maximum Gasteiger partial charge on any atom is 0.0576 e. The molecule has 1 aromatic rings. The van der Waals surface area contributed by atoms with Crippen LogP contribution in [0.4, 0.5) is 0 Å². The van der Waals surface area contributed by atoms with E-state index in [0.717, 1.165) is 13.2 Å². The first-order valence-corrected chi connectivity index (χ1v) is 8.21. The molecule has 112 valence electrons. The maximum absolute atomic E-state index is 5.72. The van der Waals surface area contributed by atoms with Gasteiger partial charge in [0.2, 0.25) is 0 Å². The fourth-order valence-electron chi connectivity index (χ4n) is 3.22. The highest BCUT2D eigenvalue weighted by atomic mass is 16.5. The Morgan fingerprint density at radius 3 is 2.75 bits per heavy atom.